The second-order valence-electron chi connectivity index (χ2n) is 5.91. The van der Waals surface area contributed by atoms with Crippen LogP contribution in [0.4, 0.5) is 5.82 Å². The van der Waals surface area contributed by atoms with Gasteiger partial charge < -0.3 is 15.1 Å². The van der Waals surface area contributed by atoms with Gasteiger partial charge in [0.25, 0.3) is 0 Å². The molecule has 23 heavy (non-hydrogen) atoms. The molecule has 122 valence electrons. The highest BCUT2D eigenvalue weighted by Gasteiger charge is 2.20. The molecule has 3 rings (SSSR count). The number of amides is 1. The van der Waals surface area contributed by atoms with E-state index in [1.54, 1.807) is 0 Å². The number of piperazine rings is 1. The summed E-state index contributed by atoms with van der Waals surface area (Å²) in [4.78, 5) is 25.2. The molecule has 0 atom stereocenters. The Morgan fingerprint density at radius 1 is 1.22 bits per heavy atom. The van der Waals surface area contributed by atoms with Gasteiger partial charge in [0.2, 0.25) is 5.91 Å². The van der Waals surface area contributed by atoms with Crippen LogP contribution in [0, 0.1) is 6.92 Å². The molecule has 0 spiro atoms. The first kappa shape index (κ1) is 15.7. The second-order valence-corrected chi connectivity index (χ2v) is 5.91. The summed E-state index contributed by atoms with van der Waals surface area (Å²) in [7, 11) is 0. The predicted octanol–water partition coefficient (Wildman–Crippen LogP) is 1.51. The molecule has 1 N–H and O–H groups in total. The summed E-state index contributed by atoms with van der Waals surface area (Å²) in [6.45, 7) is 9.03. The highest BCUT2D eigenvalue weighted by molar-refractivity contribution is 5.91. The molecule has 0 unspecified atom stereocenters. The van der Waals surface area contributed by atoms with Crippen LogP contribution in [-0.4, -0.2) is 64.9 Å². The average molecular weight is 313 g/mol. The minimum absolute atomic E-state index is 0.125. The molecule has 6 nitrogen and oxygen atoms in total. The number of anilines is 1. The molecule has 1 aliphatic heterocycles. The van der Waals surface area contributed by atoms with Crippen molar-refractivity contribution in [1.29, 1.82) is 0 Å². The van der Waals surface area contributed by atoms with Crippen molar-refractivity contribution >= 4 is 22.6 Å². The number of likely N-dealkylation sites (N-methyl/N-ethyl adjacent to an activating group) is 1. The van der Waals surface area contributed by atoms with Crippen molar-refractivity contribution in [3.63, 3.8) is 0 Å². The van der Waals surface area contributed by atoms with Gasteiger partial charge in [-0.2, -0.15) is 0 Å². The molecule has 0 radical (unpaired) electrons. The fraction of sp³-hybridized carbons (Fsp3) is 0.471. The van der Waals surface area contributed by atoms with Crippen LogP contribution in [0.5, 0.6) is 0 Å². The lowest BCUT2D eigenvalue weighted by atomic mass is 10.1. The molecule has 1 fully saturated rings. The van der Waals surface area contributed by atoms with E-state index in [9.17, 15) is 4.79 Å². The first-order chi connectivity index (χ1) is 11.2. The van der Waals surface area contributed by atoms with Gasteiger partial charge in [-0.15, -0.1) is 0 Å². The van der Waals surface area contributed by atoms with Crippen LogP contribution in [-0.2, 0) is 4.79 Å². The summed E-state index contributed by atoms with van der Waals surface area (Å²) in [5.74, 6) is 0.847. The average Bonchev–Trinajstić information content (AvgIpc) is 2.59. The molecule has 1 aromatic heterocycles. The first-order valence-electron chi connectivity index (χ1n) is 8.12. The maximum Gasteiger partial charge on any atom is 0.242 e. The number of nitrogens with zero attached hydrogens (tertiary/aromatic N) is 4. The number of hydrogen-bond acceptors (Lipinski definition) is 5. The van der Waals surface area contributed by atoms with Crippen molar-refractivity contribution in [2.45, 2.75) is 13.8 Å². The van der Waals surface area contributed by atoms with Gasteiger partial charge in [0.1, 0.15) is 12.1 Å². The number of aryl methyl sites for hydroxylation is 1. The van der Waals surface area contributed by atoms with E-state index >= 15 is 0 Å². The van der Waals surface area contributed by atoms with E-state index in [0.29, 0.717) is 0 Å². The van der Waals surface area contributed by atoms with E-state index in [-0.39, 0.29) is 12.5 Å². The molecule has 0 saturated carbocycles. The molecule has 0 aliphatic carbocycles. The third kappa shape index (κ3) is 3.59. The highest BCUT2D eigenvalue weighted by atomic mass is 16.2. The van der Waals surface area contributed by atoms with Crippen LogP contribution >= 0.6 is 0 Å². The number of aromatic nitrogens is 2. The number of fused-ring (bicyclic) bond motifs is 1. The van der Waals surface area contributed by atoms with Gasteiger partial charge in [0.05, 0.1) is 12.1 Å². The Labute approximate surface area is 136 Å². The SMILES string of the molecule is CCN1CCN(C(=O)CNc2ncnc3ccc(C)cc23)CC1. The summed E-state index contributed by atoms with van der Waals surface area (Å²) in [6.07, 6.45) is 1.53. The molecule has 1 amide bonds. The summed E-state index contributed by atoms with van der Waals surface area (Å²) in [5.41, 5.74) is 2.04. The number of carbonyl (C=O) groups excluding carboxylic acids is 1. The van der Waals surface area contributed by atoms with E-state index in [0.717, 1.165) is 55.0 Å². The van der Waals surface area contributed by atoms with Crippen LogP contribution in [0.3, 0.4) is 0 Å². The van der Waals surface area contributed by atoms with Gasteiger partial charge in [-0.05, 0) is 25.6 Å². The number of rotatable bonds is 4. The third-order valence-electron chi connectivity index (χ3n) is 4.37. The Morgan fingerprint density at radius 2 is 2.00 bits per heavy atom. The van der Waals surface area contributed by atoms with Crippen LogP contribution in [0.2, 0.25) is 0 Å². The maximum absolute atomic E-state index is 12.4. The highest BCUT2D eigenvalue weighted by Crippen LogP contribution is 2.20. The van der Waals surface area contributed by atoms with Crippen LogP contribution in [0.1, 0.15) is 12.5 Å². The Balaban J connectivity index is 1.64. The maximum atomic E-state index is 12.4. The predicted molar refractivity (Wildman–Crippen MR) is 91.5 cm³/mol. The molecule has 0 bridgehead atoms. The van der Waals surface area contributed by atoms with E-state index in [4.69, 9.17) is 0 Å². The first-order valence-corrected chi connectivity index (χ1v) is 8.12. The fourth-order valence-corrected chi connectivity index (χ4v) is 2.90. The molecular weight excluding hydrogens is 290 g/mol. The lowest BCUT2D eigenvalue weighted by molar-refractivity contribution is -0.131. The number of benzene rings is 1. The fourth-order valence-electron chi connectivity index (χ4n) is 2.90. The van der Waals surface area contributed by atoms with Gasteiger partial charge in [-0.25, -0.2) is 9.97 Å². The van der Waals surface area contributed by atoms with Crippen molar-refractivity contribution in [1.82, 2.24) is 19.8 Å². The number of hydrogen-bond donors (Lipinski definition) is 1. The number of carbonyl (C=O) groups is 1. The van der Waals surface area contributed by atoms with Crippen LogP contribution < -0.4 is 5.32 Å². The van der Waals surface area contributed by atoms with Gasteiger partial charge in [-0.1, -0.05) is 18.6 Å². The monoisotopic (exact) mass is 313 g/mol. The molecular formula is C17H23N5O. The quantitative estimate of drug-likeness (QED) is 0.927. The molecule has 1 aromatic carbocycles. The van der Waals surface area contributed by atoms with Crippen LogP contribution in [0.15, 0.2) is 24.5 Å². The standard InChI is InChI=1S/C17H23N5O/c1-3-21-6-8-22(9-7-21)16(23)11-18-17-14-10-13(2)4-5-15(14)19-12-20-17/h4-5,10,12H,3,6-9,11H2,1-2H3,(H,18,19,20). The third-order valence-corrected chi connectivity index (χ3v) is 4.37. The van der Waals surface area contributed by atoms with Crippen LogP contribution in [0.25, 0.3) is 10.9 Å². The summed E-state index contributed by atoms with van der Waals surface area (Å²) in [5, 5.41) is 4.14. The Kier molecular flexibility index (Phi) is 4.71. The van der Waals surface area contributed by atoms with E-state index in [1.165, 1.54) is 6.33 Å². The zero-order valence-corrected chi connectivity index (χ0v) is 13.7. The lowest BCUT2D eigenvalue weighted by Gasteiger charge is -2.34. The topological polar surface area (TPSA) is 61.4 Å². The Hall–Kier alpha value is -2.21. The van der Waals surface area contributed by atoms with Gasteiger partial charge >= 0.3 is 0 Å². The molecule has 2 aromatic rings. The van der Waals surface area contributed by atoms with E-state index in [2.05, 4.69) is 27.1 Å². The van der Waals surface area contributed by atoms with Gasteiger partial charge in [-0.3, -0.25) is 4.79 Å². The minimum Gasteiger partial charge on any atom is -0.360 e. The summed E-state index contributed by atoms with van der Waals surface area (Å²) >= 11 is 0. The van der Waals surface area contributed by atoms with Crippen molar-refractivity contribution in [3.8, 4) is 0 Å². The Morgan fingerprint density at radius 3 is 2.74 bits per heavy atom. The van der Waals surface area contributed by atoms with Gasteiger partial charge in [0, 0.05) is 31.6 Å². The largest absolute Gasteiger partial charge is 0.360 e. The Bertz CT molecular complexity index is 694. The lowest BCUT2D eigenvalue weighted by Crippen LogP contribution is -2.49. The molecule has 2 heterocycles. The van der Waals surface area contributed by atoms with Crippen molar-refractivity contribution in [3.05, 3.63) is 30.1 Å². The molecule has 6 heteroatoms. The number of nitrogens with one attached hydrogen (secondary N) is 1. The van der Waals surface area contributed by atoms with E-state index < -0.39 is 0 Å². The van der Waals surface area contributed by atoms with Crippen molar-refractivity contribution < 1.29 is 4.79 Å². The van der Waals surface area contributed by atoms with Gasteiger partial charge in [0.15, 0.2) is 0 Å². The second kappa shape index (κ2) is 6.91. The van der Waals surface area contributed by atoms with Crippen molar-refractivity contribution in [2.75, 3.05) is 44.6 Å². The van der Waals surface area contributed by atoms with E-state index in [1.807, 2.05) is 30.0 Å². The van der Waals surface area contributed by atoms with Crippen molar-refractivity contribution in [2.24, 2.45) is 0 Å². The zero-order valence-electron chi connectivity index (χ0n) is 13.7. The smallest absolute Gasteiger partial charge is 0.242 e. The normalized spacial score (nSPS) is 15.8. The summed E-state index contributed by atoms with van der Waals surface area (Å²) < 4.78 is 0. The summed E-state index contributed by atoms with van der Waals surface area (Å²) in [6, 6.07) is 6.04. The molecule has 1 saturated heterocycles. The minimum atomic E-state index is 0.125. The molecule has 1 aliphatic rings. The zero-order chi connectivity index (χ0) is 16.2.